The van der Waals surface area contributed by atoms with E-state index in [1.165, 1.54) is 6.26 Å². The number of aromatic nitrogens is 2. The van der Waals surface area contributed by atoms with Gasteiger partial charge < -0.3 is 9.73 Å². The number of nitrogens with one attached hydrogen (secondary N) is 1. The fraction of sp³-hybridized carbons (Fsp3) is 0.0476. The van der Waals surface area contributed by atoms with Gasteiger partial charge in [-0.05, 0) is 25.1 Å². The summed E-state index contributed by atoms with van der Waals surface area (Å²) in [7, 11) is 0. The number of nitrogens with zero attached hydrogens (tertiary/aromatic N) is 2. The molecule has 128 valence electrons. The Bertz CT molecular complexity index is 1030. The highest BCUT2D eigenvalue weighted by atomic mass is 16.3. The van der Waals surface area contributed by atoms with Crippen molar-refractivity contribution in [3.63, 3.8) is 0 Å². The van der Waals surface area contributed by atoms with E-state index in [1.54, 1.807) is 17.7 Å². The normalized spacial score (nSPS) is 10.7. The summed E-state index contributed by atoms with van der Waals surface area (Å²) in [6.07, 6.45) is 1.51. The number of amides is 1. The summed E-state index contributed by atoms with van der Waals surface area (Å²) in [6, 6.07) is 23.1. The van der Waals surface area contributed by atoms with E-state index in [0.717, 1.165) is 16.9 Å². The second-order valence-corrected chi connectivity index (χ2v) is 5.87. The molecule has 5 nitrogen and oxygen atoms in total. The van der Waals surface area contributed by atoms with E-state index in [0.29, 0.717) is 17.1 Å². The van der Waals surface area contributed by atoms with Gasteiger partial charge in [-0.3, -0.25) is 4.79 Å². The molecule has 26 heavy (non-hydrogen) atoms. The van der Waals surface area contributed by atoms with E-state index in [-0.39, 0.29) is 5.91 Å². The Kier molecular flexibility index (Phi) is 4.11. The van der Waals surface area contributed by atoms with Crippen molar-refractivity contribution in [1.29, 1.82) is 0 Å². The second-order valence-electron chi connectivity index (χ2n) is 5.87. The largest absolute Gasteiger partial charge is 0.469 e. The summed E-state index contributed by atoms with van der Waals surface area (Å²) in [5.41, 5.74) is 3.15. The summed E-state index contributed by atoms with van der Waals surface area (Å²) < 4.78 is 6.96. The van der Waals surface area contributed by atoms with Gasteiger partial charge in [-0.1, -0.05) is 48.5 Å². The SMILES string of the molecule is Cc1occc1C(=O)Nc1cc(-c2ccccc2)nn1-c1ccccc1. The highest BCUT2D eigenvalue weighted by Crippen LogP contribution is 2.25. The molecule has 0 aliphatic rings. The van der Waals surface area contributed by atoms with Gasteiger partial charge in [-0.25, -0.2) is 4.68 Å². The van der Waals surface area contributed by atoms with Crippen LogP contribution in [0.5, 0.6) is 0 Å². The predicted molar refractivity (Wildman–Crippen MR) is 100 cm³/mol. The molecular weight excluding hydrogens is 326 g/mol. The molecule has 1 amide bonds. The molecule has 0 atom stereocenters. The van der Waals surface area contributed by atoms with Crippen LogP contribution in [0.2, 0.25) is 0 Å². The van der Waals surface area contributed by atoms with E-state index in [9.17, 15) is 4.79 Å². The number of hydrogen-bond acceptors (Lipinski definition) is 3. The Morgan fingerprint density at radius 1 is 1.00 bits per heavy atom. The van der Waals surface area contributed by atoms with Crippen molar-refractivity contribution in [2.45, 2.75) is 6.92 Å². The van der Waals surface area contributed by atoms with Gasteiger partial charge >= 0.3 is 0 Å². The van der Waals surface area contributed by atoms with Crippen molar-refractivity contribution in [2.75, 3.05) is 5.32 Å². The topological polar surface area (TPSA) is 60.1 Å². The average Bonchev–Trinajstić information content (AvgIpc) is 3.29. The third-order valence-electron chi connectivity index (χ3n) is 4.12. The molecular formula is C21H17N3O2. The second kappa shape index (κ2) is 6.72. The first kappa shape index (κ1) is 15.9. The van der Waals surface area contributed by atoms with Gasteiger partial charge in [0.15, 0.2) is 0 Å². The third-order valence-corrected chi connectivity index (χ3v) is 4.12. The van der Waals surface area contributed by atoms with Gasteiger partial charge in [0.25, 0.3) is 5.91 Å². The Morgan fingerprint density at radius 3 is 2.35 bits per heavy atom. The number of aryl methyl sites for hydroxylation is 1. The fourth-order valence-corrected chi connectivity index (χ4v) is 2.79. The summed E-state index contributed by atoms with van der Waals surface area (Å²) >= 11 is 0. The van der Waals surface area contributed by atoms with E-state index >= 15 is 0 Å². The Balaban J connectivity index is 1.76. The molecule has 0 aliphatic carbocycles. The summed E-state index contributed by atoms with van der Waals surface area (Å²) in [4.78, 5) is 12.6. The molecule has 0 fully saturated rings. The minimum Gasteiger partial charge on any atom is -0.469 e. The number of furan rings is 1. The first-order valence-electron chi connectivity index (χ1n) is 8.29. The Morgan fingerprint density at radius 2 is 1.69 bits per heavy atom. The smallest absolute Gasteiger partial charge is 0.260 e. The van der Waals surface area contributed by atoms with Crippen molar-refractivity contribution in [3.05, 3.63) is 90.4 Å². The number of anilines is 1. The predicted octanol–water partition coefficient (Wildman–Crippen LogP) is 4.69. The van der Waals surface area contributed by atoms with Gasteiger partial charge in [0, 0.05) is 11.6 Å². The lowest BCUT2D eigenvalue weighted by Crippen LogP contribution is -2.15. The van der Waals surface area contributed by atoms with Gasteiger partial charge in [0.2, 0.25) is 0 Å². The minimum absolute atomic E-state index is 0.229. The van der Waals surface area contributed by atoms with Crippen molar-refractivity contribution < 1.29 is 9.21 Å². The van der Waals surface area contributed by atoms with Crippen molar-refractivity contribution >= 4 is 11.7 Å². The molecule has 2 aromatic heterocycles. The number of rotatable bonds is 4. The maximum Gasteiger partial charge on any atom is 0.260 e. The van der Waals surface area contributed by atoms with Gasteiger partial charge in [-0.15, -0.1) is 0 Å². The summed E-state index contributed by atoms with van der Waals surface area (Å²) in [5, 5.41) is 7.63. The van der Waals surface area contributed by atoms with Crippen LogP contribution in [0.4, 0.5) is 5.82 Å². The summed E-state index contributed by atoms with van der Waals surface area (Å²) in [6.45, 7) is 1.76. The average molecular weight is 343 g/mol. The molecule has 0 spiro atoms. The van der Waals surface area contributed by atoms with E-state index in [2.05, 4.69) is 10.4 Å². The van der Waals surface area contributed by atoms with Crippen LogP contribution in [0.15, 0.2) is 83.5 Å². The molecule has 4 aromatic rings. The lowest BCUT2D eigenvalue weighted by atomic mass is 10.1. The molecule has 0 radical (unpaired) electrons. The molecule has 0 aliphatic heterocycles. The van der Waals surface area contributed by atoms with Crippen LogP contribution in [0.1, 0.15) is 16.1 Å². The standard InChI is InChI=1S/C21H17N3O2/c1-15-18(12-13-26-15)21(25)22-20-14-19(16-8-4-2-5-9-16)23-24(20)17-10-6-3-7-11-17/h2-14H,1H3,(H,22,25). The molecule has 4 rings (SSSR count). The van der Waals surface area contributed by atoms with Crippen LogP contribution < -0.4 is 5.32 Å². The van der Waals surface area contributed by atoms with Crippen LogP contribution in [0.3, 0.4) is 0 Å². The third kappa shape index (κ3) is 3.02. The number of para-hydroxylation sites is 1. The number of carbonyl (C=O) groups is 1. The quantitative estimate of drug-likeness (QED) is 0.584. The van der Waals surface area contributed by atoms with Gasteiger partial charge in [-0.2, -0.15) is 5.10 Å². The van der Waals surface area contributed by atoms with Crippen molar-refractivity contribution in [3.8, 4) is 16.9 Å². The zero-order chi connectivity index (χ0) is 17.9. The Hall–Kier alpha value is -3.60. The van der Waals surface area contributed by atoms with Crippen molar-refractivity contribution in [1.82, 2.24) is 9.78 Å². The zero-order valence-corrected chi connectivity index (χ0v) is 14.2. The fourth-order valence-electron chi connectivity index (χ4n) is 2.79. The first-order valence-corrected chi connectivity index (χ1v) is 8.29. The van der Waals surface area contributed by atoms with E-state index in [1.807, 2.05) is 66.7 Å². The highest BCUT2D eigenvalue weighted by Gasteiger charge is 2.17. The molecule has 0 saturated heterocycles. The molecule has 5 heteroatoms. The number of carbonyl (C=O) groups excluding carboxylic acids is 1. The Labute approximate surface area is 150 Å². The monoisotopic (exact) mass is 343 g/mol. The van der Waals surface area contributed by atoms with E-state index in [4.69, 9.17) is 4.42 Å². The zero-order valence-electron chi connectivity index (χ0n) is 14.2. The van der Waals surface area contributed by atoms with Gasteiger partial charge in [0.05, 0.1) is 23.2 Å². The summed E-state index contributed by atoms with van der Waals surface area (Å²) in [5.74, 6) is 0.949. The molecule has 0 bridgehead atoms. The lowest BCUT2D eigenvalue weighted by molar-refractivity contribution is 0.102. The molecule has 2 aromatic carbocycles. The van der Waals surface area contributed by atoms with Crippen LogP contribution in [0.25, 0.3) is 16.9 Å². The van der Waals surface area contributed by atoms with Crippen LogP contribution in [-0.2, 0) is 0 Å². The maximum absolute atomic E-state index is 12.6. The number of hydrogen-bond donors (Lipinski definition) is 1. The minimum atomic E-state index is -0.229. The lowest BCUT2D eigenvalue weighted by Gasteiger charge is -2.08. The number of benzene rings is 2. The van der Waals surface area contributed by atoms with Gasteiger partial charge in [0.1, 0.15) is 11.6 Å². The molecule has 1 N–H and O–H groups in total. The molecule has 0 unspecified atom stereocenters. The van der Waals surface area contributed by atoms with Crippen LogP contribution in [-0.4, -0.2) is 15.7 Å². The first-order chi connectivity index (χ1) is 12.7. The molecule has 0 saturated carbocycles. The van der Waals surface area contributed by atoms with Crippen LogP contribution >= 0.6 is 0 Å². The van der Waals surface area contributed by atoms with E-state index < -0.39 is 0 Å². The molecule has 2 heterocycles. The van der Waals surface area contributed by atoms with Crippen molar-refractivity contribution in [2.24, 2.45) is 0 Å². The van der Waals surface area contributed by atoms with Crippen LogP contribution in [0, 0.1) is 6.92 Å². The highest BCUT2D eigenvalue weighted by molar-refractivity contribution is 6.04. The maximum atomic E-state index is 12.6.